The molecule has 1 N–H and O–H groups in total. The van der Waals surface area contributed by atoms with Gasteiger partial charge in [-0.15, -0.1) is 0 Å². The van der Waals surface area contributed by atoms with Gasteiger partial charge >= 0.3 is 5.97 Å². The summed E-state index contributed by atoms with van der Waals surface area (Å²) in [6, 6.07) is 1.21. The lowest BCUT2D eigenvalue weighted by atomic mass is 10.1. The first-order valence-corrected chi connectivity index (χ1v) is 9.61. The fourth-order valence-corrected chi connectivity index (χ4v) is 4.06. The average molecular weight is 378 g/mol. The van der Waals surface area contributed by atoms with Gasteiger partial charge in [-0.05, 0) is 13.1 Å². The molecule has 2 aliphatic heterocycles. The van der Waals surface area contributed by atoms with Crippen LogP contribution in [0, 0.1) is 5.82 Å². The second-order valence-corrected chi connectivity index (χ2v) is 7.81. The zero-order valence-electron chi connectivity index (χ0n) is 14.3. The number of pyridine rings is 2. The predicted molar refractivity (Wildman–Crippen MR) is 99.0 cm³/mol. The smallest absolute Gasteiger partial charge is 0.341 e. The molecule has 9 heteroatoms. The molecule has 0 unspecified atom stereocenters. The Kier molecular flexibility index (Phi) is 4.36. The van der Waals surface area contributed by atoms with Crippen LogP contribution in [0.4, 0.5) is 10.2 Å². The van der Waals surface area contributed by atoms with Crippen LogP contribution < -0.4 is 10.3 Å². The topological polar surface area (TPSA) is 78.7 Å². The Bertz CT molecular complexity index is 936. The zero-order valence-corrected chi connectivity index (χ0v) is 15.1. The van der Waals surface area contributed by atoms with Crippen LogP contribution in [0.2, 0.25) is 0 Å². The van der Waals surface area contributed by atoms with Crippen molar-refractivity contribution in [1.29, 1.82) is 0 Å². The molecule has 7 nitrogen and oxygen atoms in total. The number of likely N-dealkylation sites (N-methyl/N-ethyl adjacent to an activating group) is 1. The van der Waals surface area contributed by atoms with E-state index in [0.29, 0.717) is 18.7 Å². The number of carboxylic acid groups (broad SMARTS) is 1. The Morgan fingerprint density at radius 1 is 1.31 bits per heavy atom. The maximum atomic E-state index is 14.7. The van der Waals surface area contributed by atoms with Gasteiger partial charge in [0.15, 0.2) is 11.6 Å². The van der Waals surface area contributed by atoms with E-state index < -0.39 is 17.2 Å². The van der Waals surface area contributed by atoms with Gasteiger partial charge in [-0.25, -0.2) is 14.2 Å². The fraction of sp³-hybridized carbons (Fsp3) is 0.471. The van der Waals surface area contributed by atoms with Crippen molar-refractivity contribution >= 4 is 34.6 Å². The summed E-state index contributed by atoms with van der Waals surface area (Å²) in [6.07, 6.45) is 1.36. The molecular formula is C17H19FN4O3S. The number of aromatic carboxylic acids is 1. The van der Waals surface area contributed by atoms with Crippen LogP contribution in [-0.2, 0) is 0 Å². The van der Waals surface area contributed by atoms with E-state index in [-0.39, 0.29) is 22.8 Å². The first kappa shape index (κ1) is 17.3. The van der Waals surface area contributed by atoms with E-state index >= 15 is 0 Å². The van der Waals surface area contributed by atoms with Crippen LogP contribution in [0.5, 0.6) is 0 Å². The SMILES string of the molecule is CN1CCN(c2nc3c(cc2F)c(=O)c(C(=O)O)cn3C2CSC2)CC1. The molecular weight excluding hydrogens is 359 g/mol. The van der Waals surface area contributed by atoms with E-state index in [4.69, 9.17) is 0 Å². The molecule has 138 valence electrons. The molecule has 0 amide bonds. The Labute approximate surface area is 153 Å². The third-order valence-corrected chi connectivity index (χ3v) is 6.23. The number of hydrogen-bond acceptors (Lipinski definition) is 6. The largest absolute Gasteiger partial charge is 0.477 e. The van der Waals surface area contributed by atoms with Gasteiger partial charge in [0, 0.05) is 43.9 Å². The van der Waals surface area contributed by atoms with Gasteiger partial charge in [0.2, 0.25) is 5.43 Å². The van der Waals surface area contributed by atoms with Crippen molar-refractivity contribution in [1.82, 2.24) is 14.5 Å². The van der Waals surface area contributed by atoms with Crippen LogP contribution >= 0.6 is 11.8 Å². The minimum Gasteiger partial charge on any atom is -0.477 e. The van der Waals surface area contributed by atoms with E-state index in [1.54, 1.807) is 16.3 Å². The summed E-state index contributed by atoms with van der Waals surface area (Å²) < 4.78 is 16.5. The molecule has 2 saturated heterocycles. The van der Waals surface area contributed by atoms with Gasteiger partial charge in [-0.2, -0.15) is 11.8 Å². The van der Waals surface area contributed by atoms with Gasteiger partial charge in [0.25, 0.3) is 0 Å². The number of hydrogen-bond donors (Lipinski definition) is 1. The van der Waals surface area contributed by atoms with Gasteiger partial charge in [-0.3, -0.25) is 4.79 Å². The summed E-state index contributed by atoms with van der Waals surface area (Å²) >= 11 is 1.74. The molecule has 0 bridgehead atoms. The van der Waals surface area contributed by atoms with Crippen molar-refractivity contribution in [2.75, 3.05) is 49.6 Å². The van der Waals surface area contributed by atoms with E-state index in [0.717, 1.165) is 30.7 Å². The summed E-state index contributed by atoms with van der Waals surface area (Å²) in [5.41, 5.74) is -0.671. The highest BCUT2D eigenvalue weighted by Gasteiger charge is 2.27. The molecule has 4 heterocycles. The van der Waals surface area contributed by atoms with E-state index in [9.17, 15) is 19.1 Å². The van der Waals surface area contributed by atoms with E-state index in [1.165, 1.54) is 6.20 Å². The predicted octanol–water partition coefficient (Wildman–Crippen LogP) is 1.27. The van der Waals surface area contributed by atoms with Crippen molar-refractivity contribution in [3.63, 3.8) is 0 Å². The molecule has 0 saturated carbocycles. The van der Waals surface area contributed by atoms with Crippen molar-refractivity contribution in [3.05, 3.63) is 33.9 Å². The highest BCUT2D eigenvalue weighted by molar-refractivity contribution is 8.00. The minimum absolute atomic E-state index is 0.0252. The molecule has 0 aliphatic carbocycles. The molecule has 0 radical (unpaired) electrons. The minimum atomic E-state index is -1.30. The first-order valence-electron chi connectivity index (χ1n) is 8.45. The van der Waals surface area contributed by atoms with Crippen molar-refractivity contribution < 1.29 is 14.3 Å². The Morgan fingerprint density at radius 2 is 2.00 bits per heavy atom. The molecule has 2 aliphatic rings. The van der Waals surface area contributed by atoms with Crippen molar-refractivity contribution in [3.8, 4) is 0 Å². The molecule has 0 spiro atoms. The van der Waals surface area contributed by atoms with Crippen LogP contribution in [0.3, 0.4) is 0 Å². The third kappa shape index (κ3) is 2.84. The zero-order chi connectivity index (χ0) is 18.4. The van der Waals surface area contributed by atoms with Crippen molar-refractivity contribution in [2.24, 2.45) is 0 Å². The lowest BCUT2D eigenvalue weighted by Crippen LogP contribution is -2.45. The summed E-state index contributed by atoms with van der Waals surface area (Å²) in [7, 11) is 2.01. The summed E-state index contributed by atoms with van der Waals surface area (Å²) in [4.78, 5) is 32.5. The number of carboxylic acids is 1. The van der Waals surface area contributed by atoms with E-state index in [1.807, 2.05) is 11.9 Å². The number of nitrogens with zero attached hydrogens (tertiary/aromatic N) is 4. The monoisotopic (exact) mass is 378 g/mol. The molecule has 0 atom stereocenters. The van der Waals surface area contributed by atoms with Crippen LogP contribution in [0.15, 0.2) is 17.1 Å². The Balaban J connectivity index is 1.89. The molecule has 0 aromatic carbocycles. The molecule has 2 fully saturated rings. The molecule has 26 heavy (non-hydrogen) atoms. The average Bonchev–Trinajstić information content (AvgIpc) is 2.56. The lowest BCUT2D eigenvalue weighted by Gasteiger charge is -2.34. The number of aromatic nitrogens is 2. The summed E-state index contributed by atoms with van der Waals surface area (Å²) in [5.74, 6) is -0.0222. The maximum absolute atomic E-state index is 14.7. The second kappa shape index (κ2) is 6.55. The highest BCUT2D eigenvalue weighted by atomic mass is 32.2. The molecule has 2 aromatic heterocycles. The molecule has 4 rings (SSSR count). The normalized spacial score (nSPS) is 18.9. The summed E-state index contributed by atoms with van der Waals surface area (Å²) in [6.45, 7) is 2.93. The number of piperazine rings is 1. The Morgan fingerprint density at radius 3 is 2.58 bits per heavy atom. The van der Waals surface area contributed by atoms with Gasteiger partial charge in [0.1, 0.15) is 11.2 Å². The highest BCUT2D eigenvalue weighted by Crippen LogP contribution is 2.32. The number of thioether (sulfide) groups is 1. The van der Waals surface area contributed by atoms with E-state index in [2.05, 4.69) is 9.88 Å². The number of rotatable bonds is 3. The van der Waals surface area contributed by atoms with Crippen LogP contribution in [-0.4, -0.2) is 70.3 Å². The second-order valence-electron chi connectivity index (χ2n) is 6.73. The number of fused-ring (bicyclic) bond motifs is 1. The van der Waals surface area contributed by atoms with Gasteiger partial charge < -0.3 is 19.5 Å². The standard InChI is InChI=1S/C17H19FN4O3S/c1-20-2-4-21(5-3-20)16-13(18)6-11-14(23)12(17(24)25)7-22(15(11)19-16)10-8-26-9-10/h6-7,10H,2-5,8-9H2,1H3,(H,24,25). The van der Waals surface area contributed by atoms with Crippen molar-refractivity contribution in [2.45, 2.75) is 6.04 Å². The number of halogens is 1. The van der Waals surface area contributed by atoms with Crippen LogP contribution in [0.1, 0.15) is 16.4 Å². The van der Waals surface area contributed by atoms with Gasteiger partial charge in [-0.1, -0.05) is 0 Å². The van der Waals surface area contributed by atoms with Gasteiger partial charge in [0.05, 0.1) is 11.4 Å². The molecule has 2 aromatic rings. The number of anilines is 1. The van der Waals surface area contributed by atoms with Crippen LogP contribution in [0.25, 0.3) is 11.0 Å². The number of carbonyl (C=O) groups is 1. The maximum Gasteiger partial charge on any atom is 0.341 e. The Hall–Kier alpha value is -2.13. The fourth-order valence-electron chi connectivity index (χ4n) is 3.29. The quantitative estimate of drug-likeness (QED) is 0.862. The summed E-state index contributed by atoms with van der Waals surface area (Å²) in [5, 5.41) is 9.35. The third-order valence-electron chi connectivity index (χ3n) is 4.99. The lowest BCUT2D eigenvalue weighted by molar-refractivity contribution is 0.0694. The first-order chi connectivity index (χ1) is 12.5.